The molecule has 100 valence electrons. The molecule has 0 atom stereocenters. The van der Waals surface area contributed by atoms with Crippen molar-refractivity contribution in [3.63, 3.8) is 0 Å². The SMILES string of the molecule is COc1nc(N(Cc2ccsc2)C2CC2)ccc1N. The molecule has 0 aliphatic heterocycles. The number of pyridine rings is 1. The van der Waals surface area contributed by atoms with E-state index in [1.165, 1.54) is 18.4 Å². The first-order chi connectivity index (χ1) is 9.28. The number of nitrogen functional groups attached to an aromatic ring is 1. The van der Waals surface area contributed by atoms with Gasteiger partial charge in [0, 0.05) is 12.6 Å². The van der Waals surface area contributed by atoms with Crippen molar-refractivity contribution in [3.8, 4) is 5.88 Å². The van der Waals surface area contributed by atoms with Gasteiger partial charge < -0.3 is 15.4 Å². The van der Waals surface area contributed by atoms with E-state index in [9.17, 15) is 0 Å². The van der Waals surface area contributed by atoms with Gasteiger partial charge in [0.25, 0.3) is 0 Å². The van der Waals surface area contributed by atoms with Crippen molar-refractivity contribution >= 4 is 22.8 Å². The van der Waals surface area contributed by atoms with Crippen molar-refractivity contribution in [2.75, 3.05) is 17.7 Å². The lowest BCUT2D eigenvalue weighted by Gasteiger charge is -2.23. The third-order valence-corrected chi connectivity index (χ3v) is 4.02. The Hall–Kier alpha value is -1.75. The van der Waals surface area contributed by atoms with Crippen LogP contribution in [0.1, 0.15) is 18.4 Å². The summed E-state index contributed by atoms with van der Waals surface area (Å²) < 4.78 is 5.21. The smallest absolute Gasteiger partial charge is 0.238 e. The van der Waals surface area contributed by atoms with Gasteiger partial charge in [0.2, 0.25) is 5.88 Å². The highest BCUT2D eigenvalue weighted by Gasteiger charge is 2.30. The molecule has 0 unspecified atom stereocenters. The molecule has 3 rings (SSSR count). The van der Waals surface area contributed by atoms with Crippen LogP contribution in [0.4, 0.5) is 11.5 Å². The summed E-state index contributed by atoms with van der Waals surface area (Å²) >= 11 is 1.73. The first kappa shape index (κ1) is 12.3. The molecule has 2 N–H and O–H groups in total. The zero-order chi connectivity index (χ0) is 13.2. The zero-order valence-corrected chi connectivity index (χ0v) is 11.7. The Bertz CT molecular complexity index is 552. The summed E-state index contributed by atoms with van der Waals surface area (Å²) in [6.07, 6.45) is 2.47. The maximum absolute atomic E-state index is 5.82. The fraction of sp³-hybridized carbons (Fsp3) is 0.357. The van der Waals surface area contributed by atoms with Crippen molar-refractivity contribution < 1.29 is 4.74 Å². The molecule has 19 heavy (non-hydrogen) atoms. The summed E-state index contributed by atoms with van der Waals surface area (Å²) in [5.74, 6) is 1.45. The number of thiophene rings is 1. The van der Waals surface area contributed by atoms with Crippen LogP contribution in [0.25, 0.3) is 0 Å². The Kier molecular flexibility index (Phi) is 3.29. The van der Waals surface area contributed by atoms with Crippen LogP contribution < -0.4 is 15.4 Å². The Labute approximate surface area is 116 Å². The van der Waals surface area contributed by atoms with E-state index in [1.807, 2.05) is 12.1 Å². The predicted molar refractivity (Wildman–Crippen MR) is 78.7 cm³/mol. The highest BCUT2D eigenvalue weighted by atomic mass is 32.1. The van der Waals surface area contributed by atoms with Gasteiger partial charge in [0.05, 0.1) is 12.8 Å². The lowest BCUT2D eigenvalue weighted by molar-refractivity contribution is 0.400. The van der Waals surface area contributed by atoms with Crippen LogP contribution in [0, 0.1) is 0 Å². The molecule has 1 saturated carbocycles. The quantitative estimate of drug-likeness (QED) is 0.911. The van der Waals surface area contributed by atoms with Crippen molar-refractivity contribution in [2.24, 2.45) is 0 Å². The maximum atomic E-state index is 5.82. The molecule has 2 heterocycles. The second-order valence-corrected chi connectivity index (χ2v) is 5.54. The average Bonchev–Trinajstić information content (AvgIpc) is 3.14. The third kappa shape index (κ3) is 2.66. The molecule has 1 aliphatic carbocycles. The minimum Gasteiger partial charge on any atom is -0.479 e. The van der Waals surface area contributed by atoms with Gasteiger partial charge >= 0.3 is 0 Å². The topological polar surface area (TPSA) is 51.4 Å². The third-order valence-electron chi connectivity index (χ3n) is 3.28. The largest absolute Gasteiger partial charge is 0.479 e. The Morgan fingerprint density at radius 3 is 2.89 bits per heavy atom. The van der Waals surface area contributed by atoms with E-state index < -0.39 is 0 Å². The van der Waals surface area contributed by atoms with Gasteiger partial charge in [-0.25, -0.2) is 0 Å². The van der Waals surface area contributed by atoms with Crippen molar-refractivity contribution in [1.82, 2.24) is 4.98 Å². The number of hydrogen-bond acceptors (Lipinski definition) is 5. The zero-order valence-electron chi connectivity index (χ0n) is 10.9. The second-order valence-electron chi connectivity index (χ2n) is 4.76. The van der Waals surface area contributed by atoms with Crippen LogP contribution in [0.3, 0.4) is 0 Å². The molecule has 5 heteroatoms. The fourth-order valence-corrected chi connectivity index (χ4v) is 2.79. The normalized spacial score (nSPS) is 14.4. The molecule has 0 aromatic carbocycles. The summed E-state index contributed by atoms with van der Waals surface area (Å²) in [4.78, 5) is 6.85. The minimum absolute atomic E-state index is 0.508. The van der Waals surface area contributed by atoms with Crippen LogP contribution >= 0.6 is 11.3 Å². The summed E-state index contributed by atoms with van der Waals surface area (Å²) in [5, 5.41) is 4.29. The van der Waals surface area contributed by atoms with Gasteiger partial charge in [-0.3, -0.25) is 0 Å². The fourth-order valence-electron chi connectivity index (χ4n) is 2.13. The van der Waals surface area contributed by atoms with Crippen LogP contribution in [0.2, 0.25) is 0 Å². The van der Waals surface area contributed by atoms with Crippen molar-refractivity contribution in [1.29, 1.82) is 0 Å². The van der Waals surface area contributed by atoms with Gasteiger partial charge in [-0.05, 0) is 47.4 Å². The predicted octanol–water partition coefficient (Wildman–Crippen LogP) is 2.90. The number of anilines is 2. The monoisotopic (exact) mass is 275 g/mol. The lowest BCUT2D eigenvalue weighted by Crippen LogP contribution is -2.25. The summed E-state index contributed by atoms with van der Waals surface area (Å²) in [7, 11) is 1.60. The average molecular weight is 275 g/mol. The van der Waals surface area contributed by atoms with E-state index in [4.69, 9.17) is 10.5 Å². The number of ether oxygens (including phenoxy) is 1. The molecule has 0 saturated heterocycles. The van der Waals surface area contributed by atoms with Gasteiger partial charge in [0.1, 0.15) is 5.82 Å². The van der Waals surface area contributed by atoms with Gasteiger partial charge in [0.15, 0.2) is 0 Å². The second kappa shape index (κ2) is 5.09. The number of rotatable bonds is 5. The summed E-state index contributed by atoms with van der Waals surface area (Å²) in [6, 6.07) is 6.60. The number of nitrogens with zero attached hydrogens (tertiary/aromatic N) is 2. The van der Waals surface area contributed by atoms with Crippen LogP contribution in [-0.2, 0) is 6.54 Å². The maximum Gasteiger partial charge on any atom is 0.238 e. The molecule has 2 aromatic heterocycles. The van der Waals surface area contributed by atoms with Crippen molar-refractivity contribution in [2.45, 2.75) is 25.4 Å². The molecule has 2 aromatic rings. The number of methoxy groups -OCH3 is 1. The first-order valence-corrected chi connectivity index (χ1v) is 7.30. The van der Waals surface area contributed by atoms with Gasteiger partial charge in [-0.2, -0.15) is 16.3 Å². The number of hydrogen-bond donors (Lipinski definition) is 1. The molecule has 0 radical (unpaired) electrons. The molecule has 0 amide bonds. The summed E-state index contributed by atoms with van der Waals surface area (Å²) in [5.41, 5.74) is 7.73. The van der Waals surface area contributed by atoms with Crippen molar-refractivity contribution in [3.05, 3.63) is 34.5 Å². The first-order valence-electron chi connectivity index (χ1n) is 6.36. The van der Waals surface area contributed by atoms with E-state index in [1.54, 1.807) is 18.4 Å². The Morgan fingerprint density at radius 2 is 2.26 bits per heavy atom. The van der Waals surface area contributed by atoms with E-state index in [-0.39, 0.29) is 0 Å². The standard InChI is InChI=1S/C14H17N3OS/c1-18-14-12(15)4-5-13(16-14)17(11-2-3-11)8-10-6-7-19-9-10/h4-7,9,11H,2-3,8,15H2,1H3. The van der Waals surface area contributed by atoms with Crippen LogP contribution in [-0.4, -0.2) is 18.1 Å². The molecule has 1 fully saturated rings. The minimum atomic E-state index is 0.508. The highest BCUT2D eigenvalue weighted by molar-refractivity contribution is 7.07. The number of nitrogens with two attached hydrogens (primary N) is 1. The molecule has 1 aliphatic rings. The Balaban J connectivity index is 1.87. The summed E-state index contributed by atoms with van der Waals surface area (Å²) in [6.45, 7) is 0.897. The van der Waals surface area contributed by atoms with Crippen LogP contribution in [0.5, 0.6) is 5.88 Å². The highest BCUT2D eigenvalue weighted by Crippen LogP contribution is 2.34. The van der Waals surface area contributed by atoms with E-state index in [0.717, 1.165) is 12.4 Å². The molecule has 0 bridgehead atoms. The lowest BCUT2D eigenvalue weighted by atomic mass is 10.3. The Morgan fingerprint density at radius 1 is 1.42 bits per heavy atom. The molecule has 0 spiro atoms. The van der Waals surface area contributed by atoms with Gasteiger partial charge in [-0.1, -0.05) is 0 Å². The van der Waals surface area contributed by atoms with E-state index in [2.05, 4.69) is 26.7 Å². The van der Waals surface area contributed by atoms with Crippen LogP contribution in [0.15, 0.2) is 29.0 Å². The van der Waals surface area contributed by atoms with E-state index >= 15 is 0 Å². The molecular formula is C14H17N3OS. The molecular weight excluding hydrogens is 258 g/mol. The molecule has 4 nitrogen and oxygen atoms in total. The van der Waals surface area contributed by atoms with E-state index in [0.29, 0.717) is 17.6 Å². The van der Waals surface area contributed by atoms with Gasteiger partial charge in [-0.15, -0.1) is 0 Å². The number of aromatic nitrogens is 1.